The van der Waals surface area contributed by atoms with E-state index in [2.05, 4.69) is 21.7 Å². The maximum absolute atomic E-state index is 12.6. The van der Waals surface area contributed by atoms with Crippen molar-refractivity contribution in [3.05, 3.63) is 26.9 Å². The van der Waals surface area contributed by atoms with E-state index < -0.39 is 0 Å². The molecular weight excluding hydrogens is 330 g/mol. The highest BCUT2D eigenvalue weighted by Gasteiger charge is 2.33. The van der Waals surface area contributed by atoms with Gasteiger partial charge in [0.15, 0.2) is 0 Å². The zero-order chi connectivity index (χ0) is 16.0. The van der Waals surface area contributed by atoms with Gasteiger partial charge in [0.25, 0.3) is 0 Å². The number of thiazole rings is 1. The van der Waals surface area contributed by atoms with Crippen LogP contribution < -0.4 is 5.32 Å². The molecule has 5 nitrogen and oxygen atoms in total. The van der Waals surface area contributed by atoms with Gasteiger partial charge in [-0.1, -0.05) is 0 Å². The number of hydrogen-bond acceptors (Lipinski definition) is 5. The number of carbonyl (C=O) groups is 2. The normalized spacial score (nSPS) is 20.5. The lowest BCUT2D eigenvalue weighted by Gasteiger charge is -2.28. The van der Waals surface area contributed by atoms with Gasteiger partial charge in [-0.2, -0.15) is 0 Å². The molecule has 0 aliphatic carbocycles. The fourth-order valence-corrected chi connectivity index (χ4v) is 4.97. The molecule has 120 valence electrons. The number of carbonyl (C=O) groups excluding carboxylic acids is 2. The van der Waals surface area contributed by atoms with E-state index in [9.17, 15) is 9.59 Å². The molecule has 4 heterocycles. The van der Waals surface area contributed by atoms with Gasteiger partial charge in [0.1, 0.15) is 0 Å². The van der Waals surface area contributed by atoms with Crippen LogP contribution in [0.3, 0.4) is 0 Å². The van der Waals surface area contributed by atoms with E-state index in [1.165, 1.54) is 15.3 Å². The highest BCUT2D eigenvalue weighted by atomic mass is 32.1. The Morgan fingerprint density at radius 2 is 2.35 bits per heavy atom. The molecule has 1 saturated heterocycles. The van der Waals surface area contributed by atoms with Gasteiger partial charge in [-0.3, -0.25) is 9.59 Å². The second-order valence-electron chi connectivity index (χ2n) is 6.03. The van der Waals surface area contributed by atoms with Crippen molar-refractivity contribution < 1.29 is 9.59 Å². The maximum Gasteiger partial charge on any atom is 0.228 e. The maximum atomic E-state index is 12.6. The van der Waals surface area contributed by atoms with Gasteiger partial charge in [-0.05, 0) is 25.0 Å². The lowest BCUT2D eigenvalue weighted by atomic mass is 10.0. The fourth-order valence-electron chi connectivity index (χ4n) is 3.16. The van der Waals surface area contributed by atoms with E-state index in [0.29, 0.717) is 19.5 Å². The molecule has 23 heavy (non-hydrogen) atoms. The molecule has 2 aromatic rings. The van der Waals surface area contributed by atoms with Crippen LogP contribution in [0.4, 0.5) is 0 Å². The number of thiophene rings is 1. The Kier molecular flexibility index (Phi) is 3.69. The molecule has 0 saturated carbocycles. The van der Waals surface area contributed by atoms with Crippen molar-refractivity contribution in [1.29, 1.82) is 0 Å². The quantitative estimate of drug-likeness (QED) is 0.906. The second kappa shape index (κ2) is 5.72. The molecular formula is C16H17N3O2S2. The summed E-state index contributed by atoms with van der Waals surface area (Å²) in [5.41, 5.74) is 2.27. The molecule has 0 radical (unpaired) electrons. The molecule has 2 aliphatic rings. The van der Waals surface area contributed by atoms with Crippen molar-refractivity contribution in [2.24, 2.45) is 5.92 Å². The molecule has 7 heteroatoms. The number of hydrogen-bond donors (Lipinski definition) is 1. The predicted octanol–water partition coefficient (Wildman–Crippen LogP) is 2.20. The van der Waals surface area contributed by atoms with E-state index in [1.807, 2.05) is 11.8 Å². The molecule has 0 aromatic carbocycles. The van der Waals surface area contributed by atoms with Crippen LogP contribution in [-0.2, 0) is 22.6 Å². The Bertz CT molecular complexity index is 780. The van der Waals surface area contributed by atoms with Crippen molar-refractivity contribution in [1.82, 2.24) is 15.2 Å². The zero-order valence-corrected chi connectivity index (χ0v) is 14.4. The lowest BCUT2D eigenvalue weighted by molar-refractivity contribution is -0.136. The summed E-state index contributed by atoms with van der Waals surface area (Å²) in [4.78, 5) is 32.9. The summed E-state index contributed by atoms with van der Waals surface area (Å²) >= 11 is 3.45. The van der Waals surface area contributed by atoms with Gasteiger partial charge in [0.2, 0.25) is 11.8 Å². The van der Waals surface area contributed by atoms with Crippen LogP contribution in [0, 0.1) is 12.8 Å². The van der Waals surface area contributed by atoms with Gasteiger partial charge in [-0.15, -0.1) is 22.7 Å². The van der Waals surface area contributed by atoms with Crippen LogP contribution in [0.15, 0.2) is 11.4 Å². The minimum atomic E-state index is -0.191. The Balaban J connectivity index is 1.52. The number of nitrogens with zero attached hydrogens (tertiary/aromatic N) is 2. The third-order valence-electron chi connectivity index (χ3n) is 4.38. The summed E-state index contributed by atoms with van der Waals surface area (Å²) in [6, 6.07) is 2.17. The fraction of sp³-hybridized carbons (Fsp3) is 0.438. The first-order chi connectivity index (χ1) is 11.1. The van der Waals surface area contributed by atoms with Gasteiger partial charge in [0.05, 0.1) is 21.5 Å². The van der Waals surface area contributed by atoms with Crippen LogP contribution in [0.25, 0.3) is 10.6 Å². The highest BCUT2D eigenvalue weighted by Crippen LogP contribution is 2.35. The number of fused-ring (bicyclic) bond motifs is 1. The van der Waals surface area contributed by atoms with Gasteiger partial charge in [0, 0.05) is 36.3 Å². The number of nitrogens with one attached hydrogen (secondary N) is 1. The van der Waals surface area contributed by atoms with E-state index >= 15 is 0 Å². The second-order valence-corrected chi connectivity index (χ2v) is 8.22. The highest BCUT2D eigenvalue weighted by molar-refractivity contribution is 7.16. The van der Waals surface area contributed by atoms with Crippen molar-refractivity contribution >= 4 is 34.5 Å². The SMILES string of the molecule is Cc1nc(-c2cc3c(s2)CCN(C(=O)C2CNC(=O)C2)C3)cs1. The van der Waals surface area contributed by atoms with Gasteiger partial charge in [-0.25, -0.2) is 4.98 Å². The summed E-state index contributed by atoms with van der Waals surface area (Å²) in [7, 11) is 0. The Morgan fingerprint density at radius 1 is 1.48 bits per heavy atom. The third-order valence-corrected chi connectivity index (χ3v) is 6.41. The summed E-state index contributed by atoms with van der Waals surface area (Å²) in [6.07, 6.45) is 1.22. The third kappa shape index (κ3) is 2.79. The first-order valence-corrected chi connectivity index (χ1v) is 9.39. The summed E-state index contributed by atoms with van der Waals surface area (Å²) in [5.74, 6) is -0.104. The summed E-state index contributed by atoms with van der Waals surface area (Å²) in [5, 5.41) is 5.90. The molecule has 0 spiro atoms. The number of aromatic nitrogens is 1. The van der Waals surface area contributed by atoms with E-state index in [0.717, 1.165) is 23.7 Å². The van der Waals surface area contributed by atoms with Gasteiger partial charge < -0.3 is 10.2 Å². The van der Waals surface area contributed by atoms with Crippen LogP contribution in [0.1, 0.15) is 21.9 Å². The molecule has 4 rings (SSSR count). The first kappa shape index (κ1) is 14.8. The molecule has 1 atom stereocenters. The van der Waals surface area contributed by atoms with Crippen LogP contribution in [0.2, 0.25) is 0 Å². The Labute approximate surface area is 142 Å². The summed E-state index contributed by atoms with van der Waals surface area (Å²) in [6.45, 7) is 3.89. The smallest absolute Gasteiger partial charge is 0.228 e. The zero-order valence-electron chi connectivity index (χ0n) is 12.8. The number of aryl methyl sites for hydroxylation is 1. The number of rotatable bonds is 2. The molecule has 0 bridgehead atoms. The van der Waals surface area contributed by atoms with E-state index in [4.69, 9.17) is 0 Å². The van der Waals surface area contributed by atoms with Crippen molar-refractivity contribution in [2.75, 3.05) is 13.1 Å². The Hall–Kier alpha value is -1.73. The first-order valence-electron chi connectivity index (χ1n) is 7.70. The van der Waals surface area contributed by atoms with Gasteiger partial charge >= 0.3 is 0 Å². The lowest BCUT2D eigenvalue weighted by Crippen LogP contribution is -2.40. The molecule has 2 amide bonds. The Morgan fingerprint density at radius 3 is 3.04 bits per heavy atom. The van der Waals surface area contributed by atoms with E-state index in [-0.39, 0.29) is 17.7 Å². The molecule has 1 fully saturated rings. The average molecular weight is 347 g/mol. The standard InChI is InChI=1S/C16H17N3O2S2/c1-9-18-12(8-22-9)14-4-11-7-19(3-2-13(11)23-14)16(21)10-5-15(20)17-6-10/h4,8,10H,2-3,5-7H2,1H3,(H,17,20). The van der Waals surface area contributed by atoms with Crippen LogP contribution in [0.5, 0.6) is 0 Å². The van der Waals surface area contributed by atoms with Crippen LogP contribution in [-0.4, -0.2) is 34.8 Å². The van der Waals surface area contributed by atoms with E-state index in [1.54, 1.807) is 22.7 Å². The minimum absolute atomic E-state index is 0.0160. The van der Waals surface area contributed by atoms with Crippen LogP contribution >= 0.6 is 22.7 Å². The summed E-state index contributed by atoms with van der Waals surface area (Å²) < 4.78 is 0. The topological polar surface area (TPSA) is 62.3 Å². The largest absolute Gasteiger partial charge is 0.355 e. The predicted molar refractivity (Wildman–Crippen MR) is 90.4 cm³/mol. The van der Waals surface area contributed by atoms with Crippen molar-refractivity contribution in [3.63, 3.8) is 0 Å². The van der Waals surface area contributed by atoms with Crippen molar-refractivity contribution in [3.8, 4) is 10.6 Å². The molecule has 1 N–H and O–H groups in total. The average Bonchev–Trinajstić information content (AvgIpc) is 3.24. The number of amides is 2. The monoisotopic (exact) mass is 347 g/mol. The molecule has 2 aromatic heterocycles. The van der Waals surface area contributed by atoms with Crippen molar-refractivity contribution in [2.45, 2.75) is 26.3 Å². The molecule has 2 aliphatic heterocycles. The molecule has 1 unspecified atom stereocenters. The minimum Gasteiger partial charge on any atom is -0.355 e.